The van der Waals surface area contributed by atoms with Crippen molar-refractivity contribution < 1.29 is 17.6 Å². The number of hydrogen-bond acceptors (Lipinski definition) is 3. The summed E-state index contributed by atoms with van der Waals surface area (Å²) < 4.78 is 40.8. The second-order valence-corrected chi connectivity index (χ2v) is 10.3. The van der Waals surface area contributed by atoms with Crippen LogP contribution in [-0.2, 0) is 16.6 Å². The van der Waals surface area contributed by atoms with Crippen molar-refractivity contribution in [2.45, 2.75) is 37.2 Å². The lowest BCUT2D eigenvalue weighted by Crippen LogP contribution is -2.48. The van der Waals surface area contributed by atoms with Gasteiger partial charge in [-0.2, -0.15) is 4.31 Å². The lowest BCUT2D eigenvalue weighted by atomic mass is 10.1. The van der Waals surface area contributed by atoms with Crippen LogP contribution in [0.2, 0.25) is 5.02 Å². The van der Waals surface area contributed by atoms with Gasteiger partial charge >= 0.3 is 6.03 Å². The van der Waals surface area contributed by atoms with Gasteiger partial charge < -0.3 is 9.80 Å². The second-order valence-electron chi connectivity index (χ2n) is 8.02. The van der Waals surface area contributed by atoms with Crippen molar-refractivity contribution in [2.24, 2.45) is 0 Å². The molecule has 0 aromatic heterocycles. The zero-order valence-corrected chi connectivity index (χ0v) is 18.9. The van der Waals surface area contributed by atoms with Crippen molar-refractivity contribution in [1.29, 1.82) is 0 Å². The van der Waals surface area contributed by atoms with Gasteiger partial charge in [0.2, 0.25) is 10.0 Å². The highest BCUT2D eigenvalue weighted by molar-refractivity contribution is 7.89. The number of hydrogen-bond donors (Lipinski definition) is 0. The Hall–Kier alpha value is -2.16. The van der Waals surface area contributed by atoms with Gasteiger partial charge in [-0.1, -0.05) is 29.8 Å². The fraction of sp³-hybridized carbons (Fsp3) is 0.409. The van der Waals surface area contributed by atoms with Crippen LogP contribution in [-0.4, -0.2) is 60.8 Å². The van der Waals surface area contributed by atoms with Gasteiger partial charge in [0.25, 0.3) is 0 Å². The first-order valence-corrected chi connectivity index (χ1v) is 12.1. The van der Waals surface area contributed by atoms with Gasteiger partial charge in [0.15, 0.2) is 0 Å². The van der Waals surface area contributed by atoms with Crippen LogP contribution in [0.3, 0.4) is 0 Å². The molecule has 0 bridgehead atoms. The maximum atomic E-state index is 13.1. The van der Waals surface area contributed by atoms with Gasteiger partial charge in [-0.3, -0.25) is 0 Å². The Labute approximate surface area is 187 Å². The number of amides is 2. The summed E-state index contributed by atoms with van der Waals surface area (Å²) in [7, 11) is -3.63. The quantitative estimate of drug-likeness (QED) is 0.673. The molecule has 2 saturated heterocycles. The molecule has 0 atom stereocenters. The molecule has 0 unspecified atom stereocenters. The molecule has 9 heteroatoms. The molecule has 0 N–H and O–H groups in total. The summed E-state index contributed by atoms with van der Waals surface area (Å²) >= 11 is 6.11. The zero-order chi connectivity index (χ0) is 22.2. The van der Waals surface area contributed by atoms with Gasteiger partial charge in [-0.15, -0.1) is 0 Å². The van der Waals surface area contributed by atoms with E-state index in [4.69, 9.17) is 11.6 Å². The van der Waals surface area contributed by atoms with Gasteiger partial charge in [-0.25, -0.2) is 17.6 Å². The molecule has 0 radical (unpaired) electrons. The molecule has 0 spiro atoms. The third-order valence-electron chi connectivity index (χ3n) is 6.11. The third-order valence-corrected chi connectivity index (χ3v) is 8.57. The van der Waals surface area contributed by atoms with E-state index in [1.807, 2.05) is 4.90 Å². The number of rotatable bonds is 5. The van der Waals surface area contributed by atoms with Crippen LogP contribution >= 0.6 is 11.6 Å². The number of urea groups is 1. The topological polar surface area (TPSA) is 60.9 Å². The highest BCUT2D eigenvalue weighted by atomic mass is 35.5. The molecule has 0 saturated carbocycles. The Balaban J connectivity index is 1.38. The largest absolute Gasteiger partial charge is 0.320 e. The minimum Gasteiger partial charge on any atom is -0.320 e. The number of nitrogens with zero attached hydrogens (tertiary/aromatic N) is 3. The van der Waals surface area contributed by atoms with Crippen LogP contribution < -0.4 is 0 Å². The molecule has 2 fully saturated rings. The first-order valence-electron chi connectivity index (χ1n) is 10.3. The molecule has 2 amide bonds. The van der Waals surface area contributed by atoms with Crippen LogP contribution in [0.4, 0.5) is 9.18 Å². The van der Waals surface area contributed by atoms with E-state index in [-0.39, 0.29) is 22.8 Å². The minimum absolute atomic E-state index is 0.0117. The zero-order valence-electron chi connectivity index (χ0n) is 17.3. The Kier molecular flexibility index (Phi) is 6.23. The molecule has 166 valence electrons. The van der Waals surface area contributed by atoms with Crippen LogP contribution in [0.25, 0.3) is 0 Å². The second kappa shape index (κ2) is 8.76. The molecule has 2 aliphatic rings. The van der Waals surface area contributed by atoms with Crippen LogP contribution in [0.15, 0.2) is 47.4 Å². The maximum Gasteiger partial charge on any atom is 0.320 e. The summed E-state index contributed by atoms with van der Waals surface area (Å²) in [5.74, 6) is -0.298. The van der Waals surface area contributed by atoms with Crippen molar-refractivity contribution in [3.8, 4) is 0 Å². The number of halogens is 2. The minimum atomic E-state index is -3.63. The summed E-state index contributed by atoms with van der Waals surface area (Å²) in [6.45, 7) is 4.10. The number of sulfonamides is 1. The molecule has 4 rings (SSSR count). The van der Waals surface area contributed by atoms with E-state index in [1.54, 1.807) is 42.2 Å². The Morgan fingerprint density at radius 3 is 2.39 bits per heavy atom. The standard InChI is InChI=1S/C22H25ClFN3O3S/c1-16-20(23)3-2-4-21(16)31(29,30)26-11-9-19(10-12-26)27-14-13-25(22(27)28)15-17-5-7-18(24)8-6-17/h2-8,19H,9-15H2,1H3. The monoisotopic (exact) mass is 465 g/mol. The molecule has 2 aromatic carbocycles. The molecule has 2 aromatic rings. The van der Waals surface area contributed by atoms with Crippen molar-refractivity contribution in [3.63, 3.8) is 0 Å². The highest BCUT2D eigenvalue weighted by Crippen LogP contribution is 2.29. The molecule has 2 heterocycles. The SMILES string of the molecule is Cc1c(Cl)cccc1S(=O)(=O)N1CCC(N2CCN(Cc3ccc(F)cc3)C2=O)CC1. The van der Waals surface area contributed by atoms with Crippen molar-refractivity contribution in [3.05, 3.63) is 64.4 Å². The van der Waals surface area contributed by atoms with E-state index in [2.05, 4.69) is 0 Å². The predicted molar refractivity (Wildman–Crippen MR) is 117 cm³/mol. The average Bonchev–Trinajstić information content (AvgIpc) is 3.12. The van der Waals surface area contributed by atoms with Gasteiger partial charge in [0.1, 0.15) is 5.82 Å². The average molecular weight is 466 g/mol. The maximum absolute atomic E-state index is 13.1. The first-order chi connectivity index (χ1) is 14.8. The van der Waals surface area contributed by atoms with Gasteiger partial charge in [-0.05, 0) is 55.2 Å². The summed E-state index contributed by atoms with van der Waals surface area (Å²) in [5.41, 5.74) is 1.44. The number of benzene rings is 2. The number of carbonyl (C=O) groups is 1. The van der Waals surface area contributed by atoms with Crippen molar-refractivity contribution in [1.82, 2.24) is 14.1 Å². The lowest BCUT2D eigenvalue weighted by Gasteiger charge is -2.36. The van der Waals surface area contributed by atoms with E-state index in [0.717, 1.165) is 5.56 Å². The summed E-state index contributed by atoms with van der Waals surface area (Å²) in [6, 6.07) is 11.0. The normalized spacial score (nSPS) is 18.7. The van der Waals surface area contributed by atoms with E-state index < -0.39 is 10.0 Å². The summed E-state index contributed by atoms with van der Waals surface area (Å²) in [5, 5.41) is 0.430. The van der Waals surface area contributed by atoms with Crippen molar-refractivity contribution in [2.75, 3.05) is 26.2 Å². The van der Waals surface area contributed by atoms with E-state index in [9.17, 15) is 17.6 Å². The number of piperidine rings is 1. The summed E-state index contributed by atoms with van der Waals surface area (Å²) in [4.78, 5) is 16.7. The van der Waals surface area contributed by atoms with E-state index in [0.29, 0.717) is 56.2 Å². The molecular formula is C22H25ClFN3O3S. The van der Waals surface area contributed by atoms with Crippen molar-refractivity contribution >= 4 is 27.7 Å². The molecule has 6 nitrogen and oxygen atoms in total. The fourth-order valence-corrected chi connectivity index (χ4v) is 6.25. The Morgan fingerprint density at radius 1 is 1.03 bits per heavy atom. The highest BCUT2D eigenvalue weighted by Gasteiger charge is 2.38. The van der Waals surface area contributed by atoms with Gasteiger partial charge in [0.05, 0.1) is 4.90 Å². The Morgan fingerprint density at radius 2 is 1.71 bits per heavy atom. The molecule has 0 aliphatic carbocycles. The summed E-state index contributed by atoms with van der Waals surface area (Å²) in [6.07, 6.45) is 1.18. The third kappa shape index (κ3) is 4.42. The lowest BCUT2D eigenvalue weighted by molar-refractivity contribution is 0.153. The van der Waals surface area contributed by atoms with Crippen LogP contribution in [0.5, 0.6) is 0 Å². The van der Waals surface area contributed by atoms with E-state index in [1.165, 1.54) is 16.4 Å². The Bertz CT molecular complexity index is 1070. The molecule has 2 aliphatic heterocycles. The molecular weight excluding hydrogens is 441 g/mol. The predicted octanol–water partition coefficient (Wildman–Crippen LogP) is 3.88. The first kappa shape index (κ1) is 22.0. The smallest absolute Gasteiger partial charge is 0.320 e. The van der Waals surface area contributed by atoms with Crippen LogP contribution in [0.1, 0.15) is 24.0 Å². The number of carbonyl (C=O) groups excluding carboxylic acids is 1. The van der Waals surface area contributed by atoms with Gasteiger partial charge in [0, 0.05) is 43.8 Å². The van der Waals surface area contributed by atoms with E-state index >= 15 is 0 Å². The van der Waals surface area contributed by atoms with Crippen LogP contribution in [0, 0.1) is 12.7 Å². The fourth-order valence-electron chi connectivity index (χ4n) is 4.30. The molecule has 31 heavy (non-hydrogen) atoms.